The second kappa shape index (κ2) is 9.27. The van der Waals surface area contributed by atoms with Gasteiger partial charge in [-0.25, -0.2) is 19.0 Å². The van der Waals surface area contributed by atoms with Crippen LogP contribution in [0.15, 0.2) is 36.8 Å². The first-order valence-corrected chi connectivity index (χ1v) is 9.18. The number of carbonyl (C=O) groups is 1. The molecule has 0 fully saturated rings. The summed E-state index contributed by atoms with van der Waals surface area (Å²) in [6.45, 7) is 1.47. The molecule has 0 saturated carbocycles. The number of rotatable bonds is 9. The van der Waals surface area contributed by atoms with Crippen LogP contribution in [0.3, 0.4) is 0 Å². The van der Waals surface area contributed by atoms with Crippen LogP contribution in [0.1, 0.15) is 18.4 Å². The number of anilines is 1. The molecule has 0 saturated heterocycles. The highest BCUT2D eigenvalue weighted by atomic mass is 35.5. The lowest BCUT2D eigenvalue weighted by Gasteiger charge is -2.08. The zero-order valence-corrected chi connectivity index (χ0v) is 15.4. The lowest BCUT2D eigenvalue weighted by Crippen LogP contribution is -2.27. The van der Waals surface area contributed by atoms with Crippen LogP contribution < -0.4 is 10.6 Å². The molecular formula is C18H20ClFN6O. The molecule has 9 heteroatoms. The van der Waals surface area contributed by atoms with Gasteiger partial charge in [-0.05, 0) is 24.1 Å². The van der Waals surface area contributed by atoms with E-state index < -0.39 is 0 Å². The fourth-order valence-electron chi connectivity index (χ4n) is 2.60. The standard InChI is InChI=1S/C18H20ClFN6O/c19-7-1-2-16(27)21-8-9-26-18-15(11-25-26)17(23-12-24-18)22-10-13-3-5-14(20)6-4-13/h3-6,11-12H,1-2,7-10H2,(H,21,27)(H,22,23,24). The minimum Gasteiger partial charge on any atom is -0.365 e. The SMILES string of the molecule is O=C(CCCCl)NCCn1ncc2c(NCc3ccc(F)cc3)ncnc21. The van der Waals surface area contributed by atoms with Gasteiger partial charge in [0.25, 0.3) is 0 Å². The molecule has 0 bridgehead atoms. The van der Waals surface area contributed by atoms with E-state index >= 15 is 0 Å². The molecule has 7 nitrogen and oxygen atoms in total. The smallest absolute Gasteiger partial charge is 0.220 e. The summed E-state index contributed by atoms with van der Waals surface area (Å²) in [4.78, 5) is 20.2. The Labute approximate surface area is 161 Å². The van der Waals surface area contributed by atoms with Gasteiger partial charge in [0.15, 0.2) is 5.65 Å². The maximum atomic E-state index is 13.0. The van der Waals surface area contributed by atoms with Gasteiger partial charge in [-0.3, -0.25) is 4.79 Å². The minimum atomic E-state index is -0.265. The number of nitrogens with one attached hydrogen (secondary N) is 2. The zero-order valence-electron chi connectivity index (χ0n) is 14.7. The van der Waals surface area contributed by atoms with Crippen LogP contribution in [0.4, 0.5) is 10.2 Å². The van der Waals surface area contributed by atoms with Crippen molar-refractivity contribution in [1.29, 1.82) is 0 Å². The van der Waals surface area contributed by atoms with Crippen LogP contribution in [0.25, 0.3) is 11.0 Å². The van der Waals surface area contributed by atoms with E-state index in [1.54, 1.807) is 23.0 Å². The number of fused-ring (bicyclic) bond motifs is 1. The lowest BCUT2D eigenvalue weighted by atomic mass is 10.2. The summed E-state index contributed by atoms with van der Waals surface area (Å²) in [5.74, 6) is 0.839. The Morgan fingerprint density at radius 3 is 2.81 bits per heavy atom. The van der Waals surface area contributed by atoms with Crippen LogP contribution in [0.2, 0.25) is 0 Å². The van der Waals surface area contributed by atoms with E-state index in [2.05, 4.69) is 25.7 Å². The molecule has 1 aromatic carbocycles. The van der Waals surface area contributed by atoms with Gasteiger partial charge in [0.1, 0.15) is 18.0 Å². The van der Waals surface area contributed by atoms with Crippen LogP contribution in [0.5, 0.6) is 0 Å². The Balaban J connectivity index is 1.62. The molecule has 2 heterocycles. The maximum absolute atomic E-state index is 13.0. The highest BCUT2D eigenvalue weighted by Gasteiger charge is 2.10. The van der Waals surface area contributed by atoms with Crippen molar-refractivity contribution in [2.24, 2.45) is 0 Å². The van der Waals surface area contributed by atoms with E-state index in [-0.39, 0.29) is 11.7 Å². The molecule has 142 valence electrons. The molecule has 0 unspecified atom stereocenters. The van der Waals surface area contributed by atoms with Crippen molar-refractivity contribution >= 4 is 34.4 Å². The molecular weight excluding hydrogens is 371 g/mol. The Hall–Kier alpha value is -2.74. The van der Waals surface area contributed by atoms with E-state index in [0.29, 0.717) is 49.8 Å². The number of benzene rings is 1. The van der Waals surface area contributed by atoms with Gasteiger partial charge in [-0.15, -0.1) is 11.6 Å². The molecule has 0 aliphatic rings. The van der Waals surface area contributed by atoms with Gasteiger partial charge in [0.2, 0.25) is 5.91 Å². The predicted molar refractivity (Wildman–Crippen MR) is 102 cm³/mol. The molecule has 2 N–H and O–H groups in total. The first kappa shape index (κ1) is 19.0. The fraction of sp³-hybridized carbons (Fsp3) is 0.333. The molecule has 1 amide bonds. The van der Waals surface area contributed by atoms with Crippen LogP contribution in [-0.2, 0) is 17.9 Å². The van der Waals surface area contributed by atoms with Crippen LogP contribution >= 0.6 is 11.6 Å². The number of alkyl halides is 1. The average Bonchev–Trinajstić information content (AvgIpc) is 3.10. The van der Waals surface area contributed by atoms with E-state index in [0.717, 1.165) is 10.9 Å². The van der Waals surface area contributed by atoms with Crippen molar-refractivity contribution in [1.82, 2.24) is 25.1 Å². The van der Waals surface area contributed by atoms with Crippen molar-refractivity contribution in [3.05, 3.63) is 48.2 Å². The maximum Gasteiger partial charge on any atom is 0.220 e. The summed E-state index contributed by atoms with van der Waals surface area (Å²) in [5, 5.41) is 11.2. The fourth-order valence-corrected chi connectivity index (χ4v) is 2.74. The highest BCUT2D eigenvalue weighted by molar-refractivity contribution is 6.17. The number of carbonyl (C=O) groups excluding carboxylic acids is 1. The van der Waals surface area contributed by atoms with Gasteiger partial charge in [0, 0.05) is 25.4 Å². The third kappa shape index (κ3) is 5.13. The number of hydrogen-bond acceptors (Lipinski definition) is 5. The number of hydrogen-bond donors (Lipinski definition) is 2. The molecule has 0 spiro atoms. The van der Waals surface area contributed by atoms with Crippen LogP contribution in [0, 0.1) is 5.82 Å². The van der Waals surface area contributed by atoms with E-state index in [1.807, 2.05) is 0 Å². The summed E-state index contributed by atoms with van der Waals surface area (Å²) in [6, 6.07) is 6.28. The second-order valence-electron chi connectivity index (χ2n) is 5.95. The van der Waals surface area contributed by atoms with Crippen molar-refractivity contribution in [2.75, 3.05) is 17.7 Å². The third-order valence-electron chi connectivity index (χ3n) is 3.99. The second-order valence-corrected chi connectivity index (χ2v) is 6.33. The molecule has 27 heavy (non-hydrogen) atoms. The van der Waals surface area contributed by atoms with E-state index in [4.69, 9.17) is 11.6 Å². The largest absolute Gasteiger partial charge is 0.365 e. The Morgan fingerprint density at radius 1 is 1.22 bits per heavy atom. The van der Waals surface area contributed by atoms with Gasteiger partial charge >= 0.3 is 0 Å². The Bertz CT molecular complexity index is 899. The van der Waals surface area contributed by atoms with Crippen LogP contribution in [-0.4, -0.2) is 38.1 Å². The van der Waals surface area contributed by atoms with Crippen molar-refractivity contribution in [3.63, 3.8) is 0 Å². The first-order valence-electron chi connectivity index (χ1n) is 8.65. The van der Waals surface area contributed by atoms with Gasteiger partial charge in [0.05, 0.1) is 18.1 Å². The van der Waals surface area contributed by atoms with Gasteiger partial charge in [-0.1, -0.05) is 12.1 Å². The summed E-state index contributed by atoms with van der Waals surface area (Å²) < 4.78 is 14.7. The summed E-state index contributed by atoms with van der Waals surface area (Å²) in [5.41, 5.74) is 1.62. The average molecular weight is 391 g/mol. The topological polar surface area (TPSA) is 84.7 Å². The normalized spacial score (nSPS) is 10.9. The number of amides is 1. The zero-order chi connectivity index (χ0) is 19.1. The third-order valence-corrected chi connectivity index (χ3v) is 4.26. The Kier molecular flexibility index (Phi) is 6.54. The highest BCUT2D eigenvalue weighted by Crippen LogP contribution is 2.19. The molecule has 0 atom stereocenters. The molecule has 0 aliphatic heterocycles. The molecule has 3 aromatic rings. The van der Waals surface area contributed by atoms with Crippen molar-refractivity contribution < 1.29 is 9.18 Å². The first-order chi connectivity index (χ1) is 13.2. The number of aromatic nitrogens is 4. The van der Waals surface area contributed by atoms with E-state index in [1.165, 1.54) is 18.5 Å². The monoisotopic (exact) mass is 390 g/mol. The quantitative estimate of drug-likeness (QED) is 0.549. The Morgan fingerprint density at radius 2 is 2.04 bits per heavy atom. The number of halogens is 2. The number of nitrogens with zero attached hydrogens (tertiary/aromatic N) is 4. The molecule has 3 rings (SSSR count). The summed E-state index contributed by atoms with van der Waals surface area (Å²) in [7, 11) is 0. The lowest BCUT2D eigenvalue weighted by molar-refractivity contribution is -0.121. The summed E-state index contributed by atoms with van der Waals surface area (Å²) >= 11 is 5.58. The van der Waals surface area contributed by atoms with Crippen molar-refractivity contribution in [2.45, 2.75) is 25.9 Å². The van der Waals surface area contributed by atoms with Gasteiger partial charge in [-0.2, -0.15) is 5.10 Å². The minimum absolute atomic E-state index is 0.0246. The molecule has 0 radical (unpaired) electrons. The van der Waals surface area contributed by atoms with Gasteiger partial charge < -0.3 is 10.6 Å². The molecule has 0 aliphatic carbocycles. The summed E-state index contributed by atoms with van der Waals surface area (Å²) in [6.07, 6.45) is 4.24. The molecule has 2 aromatic heterocycles. The predicted octanol–water partition coefficient (Wildman–Crippen LogP) is 2.71. The van der Waals surface area contributed by atoms with E-state index in [9.17, 15) is 9.18 Å². The van der Waals surface area contributed by atoms with Crippen molar-refractivity contribution in [3.8, 4) is 0 Å².